The fourth-order valence-electron chi connectivity index (χ4n) is 2.14. The molecule has 0 atom stereocenters. The number of hydrogen-bond donors (Lipinski definition) is 1. The first-order chi connectivity index (χ1) is 8.65. The molecule has 1 heteroatoms. The average Bonchev–Trinajstić information content (AvgIpc) is 2.39. The lowest BCUT2D eigenvalue weighted by Crippen LogP contribution is -1.88. The maximum absolute atomic E-state index is 7.40. The van der Waals surface area contributed by atoms with E-state index in [0.29, 0.717) is 5.92 Å². The largest absolute Gasteiger partial charge is 0.308 e. The fraction of sp³-hybridized carbons (Fsp3) is 0.235. The van der Waals surface area contributed by atoms with Gasteiger partial charge in [0.1, 0.15) is 0 Å². The third-order valence-electron chi connectivity index (χ3n) is 3.33. The number of rotatable bonds is 3. The Balaban J connectivity index is 2.54. The minimum atomic E-state index is 0.557. The van der Waals surface area contributed by atoms with Crippen molar-refractivity contribution in [2.75, 3.05) is 0 Å². The summed E-state index contributed by atoms with van der Waals surface area (Å²) in [6.07, 6.45) is 3.38. The molecule has 2 aromatic carbocycles. The molecule has 0 aliphatic heterocycles. The summed E-state index contributed by atoms with van der Waals surface area (Å²) in [7, 11) is 0. The van der Waals surface area contributed by atoms with E-state index in [-0.39, 0.29) is 0 Å². The van der Waals surface area contributed by atoms with Crippen molar-refractivity contribution >= 4 is 22.6 Å². The smallest absolute Gasteiger partial charge is 0.0253 e. The molecule has 18 heavy (non-hydrogen) atoms. The molecule has 1 N–H and O–H groups in total. The van der Waals surface area contributed by atoms with Gasteiger partial charge in [-0.25, -0.2) is 0 Å². The van der Waals surface area contributed by atoms with E-state index in [0.717, 1.165) is 11.1 Å². The number of allylic oxidation sites excluding steroid dienone is 2. The molecule has 0 saturated heterocycles. The van der Waals surface area contributed by atoms with Gasteiger partial charge in [0.05, 0.1) is 0 Å². The number of fused-ring (bicyclic) bond motifs is 1. The Morgan fingerprint density at radius 1 is 1.06 bits per heavy atom. The molecular formula is C17H19N. The Morgan fingerprint density at radius 3 is 2.33 bits per heavy atom. The van der Waals surface area contributed by atoms with Crippen molar-refractivity contribution < 1.29 is 0 Å². The van der Waals surface area contributed by atoms with Crippen LogP contribution in [0.4, 0.5) is 0 Å². The van der Waals surface area contributed by atoms with E-state index >= 15 is 0 Å². The number of benzene rings is 2. The Morgan fingerprint density at radius 2 is 1.72 bits per heavy atom. The van der Waals surface area contributed by atoms with Gasteiger partial charge in [-0.3, -0.25) is 0 Å². The molecule has 0 heterocycles. The molecule has 1 nitrogen and oxygen atoms in total. The van der Waals surface area contributed by atoms with Crippen LogP contribution in [-0.4, -0.2) is 6.21 Å². The lowest BCUT2D eigenvalue weighted by atomic mass is 9.97. The zero-order chi connectivity index (χ0) is 13.1. The van der Waals surface area contributed by atoms with Crippen LogP contribution in [0.15, 0.2) is 42.5 Å². The second-order valence-corrected chi connectivity index (χ2v) is 4.86. The summed E-state index contributed by atoms with van der Waals surface area (Å²) in [6, 6.07) is 13.0. The first-order valence-electron chi connectivity index (χ1n) is 6.36. The topological polar surface area (TPSA) is 23.9 Å². The van der Waals surface area contributed by atoms with Crippen molar-refractivity contribution in [3.8, 4) is 0 Å². The van der Waals surface area contributed by atoms with Crippen LogP contribution in [0.2, 0.25) is 0 Å². The number of hydrogen-bond acceptors (Lipinski definition) is 1. The molecule has 0 amide bonds. The summed E-state index contributed by atoms with van der Waals surface area (Å²) >= 11 is 0. The summed E-state index contributed by atoms with van der Waals surface area (Å²) in [4.78, 5) is 0. The molecule has 0 spiro atoms. The fourth-order valence-corrected chi connectivity index (χ4v) is 2.14. The molecular weight excluding hydrogens is 218 g/mol. The third-order valence-corrected chi connectivity index (χ3v) is 3.33. The molecule has 0 aliphatic carbocycles. The lowest BCUT2D eigenvalue weighted by Gasteiger charge is -2.08. The summed E-state index contributed by atoms with van der Waals surface area (Å²) in [5.41, 5.74) is 3.44. The molecule has 2 rings (SSSR count). The van der Waals surface area contributed by atoms with Crippen molar-refractivity contribution in [2.24, 2.45) is 0 Å². The highest BCUT2D eigenvalue weighted by Gasteiger charge is 2.03. The van der Waals surface area contributed by atoms with Gasteiger partial charge in [-0.2, -0.15) is 0 Å². The van der Waals surface area contributed by atoms with Crippen LogP contribution in [0.1, 0.15) is 37.8 Å². The first kappa shape index (κ1) is 12.6. The van der Waals surface area contributed by atoms with E-state index in [1.54, 1.807) is 0 Å². The highest BCUT2D eigenvalue weighted by atomic mass is 14.3. The van der Waals surface area contributed by atoms with Crippen LogP contribution in [-0.2, 0) is 0 Å². The van der Waals surface area contributed by atoms with E-state index in [9.17, 15) is 0 Å². The van der Waals surface area contributed by atoms with Crippen molar-refractivity contribution in [1.82, 2.24) is 0 Å². The van der Waals surface area contributed by atoms with Crippen LogP contribution in [0.5, 0.6) is 0 Å². The van der Waals surface area contributed by atoms with E-state index in [1.165, 1.54) is 22.6 Å². The van der Waals surface area contributed by atoms with Crippen molar-refractivity contribution in [1.29, 1.82) is 5.41 Å². The van der Waals surface area contributed by atoms with E-state index in [2.05, 4.69) is 50.2 Å². The summed E-state index contributed by atoms with van der Waals surface area (Å²) in [5, 5.41) is 9.91. The second-order valence-electron chi connectivity index (χ2n) is 4.86. The van der Waals surface area contributed by atoms with Gasteiger partial charge in [0.25, 0.3) is 0 Å². The third kappa shape index (κ3) is 2.35. The molecule has 0 fully saturated rings. The van der Waals surface area contributed by atoms with Crippen LogP contribution in [0, 0.1) is 5.41 Å². The summed E-state index contributed by atoms with van der Waals surface area (Å²) < 4.78 is 0. The molecule has 0 aromatic heterocycles. The Bertz CT molecular complexity index is 606. The molecule has 0 aliphatic rings. The Kier molecular flexibility index (Phi) is 3.61. The van der Waals surface area contributed by atoms with Gasteiger partial charge < -0.3 is 5.41 Å². The molecule has 0 bridgehead atoms. The van der Waals surface area contributed by atoms with Gasteiger partial charge in [0.2, 0.25) is 0 Å². The van der Waals surface area contributed by atoms with Gasteiger partial charge in [0, 0.05) is 6.21 Å². The van der Waals surface area contributed by atoms with Crippen LogP contribution in [0.25, 0.3) is 16.3 Å². The van der Waals surface area contributed by atoms with E-state index in [4.69, 9.17) is 5.41 Å². The van der Waals surface area contributed by atoms with Crippen LogP contribution in [0.3, 0.4) is 0 Å². The van der Waals surface area contributed by atoms with Gasteiger partial charge in [0.15, 0.2) is 0 Å². The zero-order valence-electron chi connectivity index (χ0n) is 11.2. The van der Waals surface area contributed by atoms with Crippen molar-refractivity contribution in [2.45, 2.75) is 26.7 Å². The zero-order valence-corrected chi connectivity index (χ0v) is 11.2. The monoisotopic (exact) mass is 237 g/mol. The predicted molar refractivity (Wildman–Crippen MR) is 80.5 cm³/mol. The lowest BCUT2D eigenvalue weighted by molar-refractivity contribution is 0.869. The Labute approximate surface area is 109 Å². The quantitative estimate of drug-likeness (QED) is 0.725. The van der Waals surface area contributed by atoms with Gasteiger partial charge >= 0.3 is 0 Å². The standard InChI is InChI=1S/C17H19N/c1-4-13(11-18)15-7-8-16-9-14(12(2)3)5-6-17(16)10-15/h4-12,18H,1-3H3/b13-4+,18-11?. The molecule has 0 saturated carbocycles. The minimum absolute atomic E-state index is 0.557. The van der Waals surface area contributed by atoms with Gasteiger partial charge in [-0.15, -0.1) is 0 Å². The highest BCUT2D eigenvalue weighted by Crippen LogP contribution is 2.24. The number of nitrogens with one attached hydrogen (secondary N) is 1. The average molecular weight is 237 g/mol. The summed E-state index contributed by atoms with van der Waals surface area (Å²) in [5.74, 6) is 0.557. The molecule has 2 aromatic rings. The molecule has 92 valence electrons. The Hall–Kier alpha value is -1.89. The first-order valence-corrected chi connectivity index (χ1v) is 6.36. The maximum atomic E-state index is 7.40. The SMILES string of the molecule is C/C=C(\C=N)c1ccc2cc(C(C)C)ccc2c1. The van der Waals surface area contributed by atoms with Crippen LogP contribution >= 0.6 is 0 Å². The highest BCUT2D eigenvalue weighted by molar-refractivity contribution is 6.09. The maximum Gasteiger partial charge on any atom is 0.0253 e. The van der Waals surface area contributed by atoms with E-state index in [1.807, 2.05) is 13.0 Å². The van der Waals surface area contributed by atoms with E-state index < -0.39 is 0 Å². The van der Waals surface area contributed by atoms with Gasteiger partial charge in [-0.1, -0.05) is 50.3 Å². The minimum Gasteiger partial charge on any atom is -0.308 e. The predicted octanol–water partition coefficient (Wildman–Crippen LogP) is 5.02. The second kappa shape index (κ2) is 5.18. The van der Waals surface area contributed by atoms with Crippen LogP contribution < -0.4 is 0 Å². The van der Waals surface area contributed by atoms with Gasteiger partial charge in [-0.05, 0) is 46.4 Å². The van der Waals surface area contributed by atoms with Crippen molar-refractivity contribution in [3.05, 3.63) is 53.6 Å². The molecule has 0 unspecified atom stereocenters. The van der Waals surface area contributed by atoms with Crippen molar-refractivity contribution in [3.63, 3.8) is 0 Å². The molecule has 0 radical (unpaired) electrons. The normalized spacial score (nSPS) is 12.1. The summed E-state index contributed by atoms with van der Waals surface area (Å²) in [6.45, 7) is 6.39.